The molecule has 7 nitrogen and oxygen atoms in total. The number of esters is 1. The summed E-state index contributed by atoms with van der Waals surface area (Å²) in [6.45, 7) is -0.00914. The third kappa shape index (κ3) is 4.42. The first-order valence-electron chi connectivity index (χ1n) is 9.93. The van der Waals surface area contributed by atoms with Gasteiger partial charge in [0.1, 0.15) is 5.69 Å². The van der Waals surface area contributed by atoms with Gasteiger partial charge in [0, 0.05) is 27.1 Å². The number of rotatable bonds is 6. The van der Waals surface area contributed by atoms with Crippen molar-refractivity contribution in [1.82, 2.24) is 4.57 Å². The molecule has 2 heterocycles. The number of sulfone groups is 1. The minimum atomic E-state index is -3.38. The van der Waals surface area contributed by atoms with Crippen molar-refractivity contribution in [2.75, 3.05) is 13.4 Å². The zero-order chi connectivity index (χ0) is 24.6. The molecule has 0 N–H and O–H groups in total. The van der Waals surface area contributed by atoms with Crippen LogP contribution in [0.15, 0.2) is 64.3 Å². The van der Waals surface area contributed by atoms with Gasteiger partial charge < -0.3 is 4.74 Å². The number of aldehydes is 1. The Labute approximate surface area is 204 Å². The number of benzene rings is 2. The normalized spacial score (nSPS) is 11.5. The number of thiophene rings is 1. The standard InChI is InChI=1S/C24H18ClNO6S2/c1-32-24(29)22-21(20-10-6-16(13-27)33-20)19-11-15(25)5-9-18(19)23(28)26(22)12-14-3-7-17(8-4-14)34(2,30)31/h3-11,13H,12H2,1-2H3. The molecule has 34 heavy (non-hydrogen) atoms. The number of aromatic nitrogens is 1. The van der Waals surface area contributed by atoms with Crippen LogP contribution in [-0.2, 0) is 21.1 Å². The highest BCUT2D eigenvalue weighted by Gasteiger charge is 2.25. The lowest BCUT2D eigenvalue weighted by Crippen LogP contribution is -2.28. The second kappa shape index (κ2) is 9.17. The van der Waals surface area contributed by atoms with E-state index >= 15 is 0 Å². The fraction of sp³-hybridized carbons (Fsp3) is 0.125. The Hall–Kier alpha value is -3.27. The molecule has 0 aliphatic rings. The van der Waals surface area contributed by atoms with Gasteiger partial charge in [-0.15, -0.1) is 11.3 Å². The van der Waals surface area contributed by atoms with Crippen LogP contribution in [-0.4, -0.2) is 38.6 Å². The van der Waals surface area contributed by atoms with Gasteiger partial charge in [-0.1, -0.05) is 23.7 Å². The molecule has 0 bridgehead atoms. The minimum Gasteiger partial charge on any atom is -0.464 e. The Balaban J connectivity index is 2.04. The van der Waals surface area contributed by atoms with E-state index in [0.29, 0.717) is 43.0 Å². The van der Waals surface area contributed by atoms with Crippen LogP contribution < -0.4 is 5.56 Å². The van der Waals surface area contributed by atoms with Gasteiger partial charge in [0.05, 0.1) is 23.4 Å². The highest BCUT2D eigenvalue weighted by atomic mass is 35.5. The third-order valence-electron chi connectivity index (χ3n) is 5.29. The van der Waals surface area contributed by atoms with Crippen molar-refractivity contribution in [3.8, 4) is 10.4 Å². The summed E-state index contributed by atoms with van der Waals surface area (Å²) < 4.78 is 29.9. The monoisotopic (exact) mass is 515 g/mol. The lowest BCUT2D eigenvalue weighted by Gasteiger charge is -2.18. The summed E-state index contributed by atoms with van der Waals surface area (Å²) >= 11 is 7.40. The highest BCUT2D eigenvalue weighted by molar-refractivity contribution is 7.90. The number of ether oxygens (including phenoxy) is 1. The van der Waals surface area contributed by atoms with Gasteiger partial charge in [-0.25, -0.2) is 13.2 Å². The first kappa shape index (κ1) is 23.9. The van der Waals surface area contributed by atoms with E-state index in [1.807, 2.05) is 0 Å². The van der Waals surface area contributed by atoms with E-state index in [1.54, 1.807) is 42.5 Å². The number of fused-ring (bicyclic) bond motifs is 1. The molecule has 10 heteroatoms. The molecule has 0 aliphatic carbocycles. The molecule has 0 unspecified atom stereocenters. The number of pyridine rings is 1. The Morgan fingerprint density at radius 2 is 1.79 bits per heavy atom. The van der Waals surface area contributed by atoms with Crippen LogP contribution in [0.5, 0.6) is 0 Å². The summed E-state index contributed by atoms with van der Waals surface area (Å²) in [6, 6.07) is 14.2. The van der Waals surface area contributed by atoms with Crippen LogP contribution in [0.1, 0.15) is 25.7 Å². The van der Waals surface area contributed by atoms with Crippen molar-refractivity contribution in [1.29, 1.82) is 0 Å². The van der Waals surface area contributed by atoms with Gasteiger partial charge in [0.2, 0.25) is 0 Å². The van der Waals surface area contributed by atoms with Crippen molar-refractivity contribution in [3.63, 3.8) is 0 Å². The Morgan fingerprint density at radius 3 is 2.38 bits per heavy atom. The number of carbonyl (C=O) groups is 2. The summed E-state index contributed by atoms with van der Waals surface area (Å²) in [5.41, 5.74) is 0.609. The van der Waals surface area contributed by atoms with Gasteiger partial charge in [-0.2, -0.15) is 0 Å². The maximum absolute atomic E-state index is 13.5. The summed E-state index contributed by atoms with van der Waals surface area (Å²) in [5.74, 6) is -0.734. The largest absolute Gasteiger partial charge is 0.464 e. The number of methoxy groups -OCH3 is 1. The first-order valence-corrected chi connectivity index (χ1v) is 13.0. The fourth-order valence-corrected chi connectivity index (χ4v) is 5.39. The second-order valence-electron chi connectivity index (χ2n) is 7.53. The first-order chi connectivity index (χ1) is 16.1. The molecule has 0 saturated heterocycles. The van der Waals surface area contributed by atoms with E-state index < -0.39 is 21.4 Å². The number of carbonyl (C=O) groups excluding carboxylic acids is 2. The fourth-order valence-electron chi connectivity index (χ4n) is 3.70. The summed E-state index contributed by atoms with van der Waals surface area (Å²) in [6.07, 6.45) is 1.82. The zero-order valence-corrected chi connectivity index (χ0v) is 20.5. The SMILES string of the molecule is COC(=O)c1c(-c2ccc(C=O)s2)c2cc(Cl)ccc2c(=O)n1Cc1ccc(S(C)(=O)=O)cc1. The van der Waals surface area contributed by atoms with E-state index in [-0.39, 0.29) is 17.1 Å². The third-order valence-corrected chi connectivity index (χ3v) is 7.69. The molecule has 2 aromatic heterocycles. The average molecular weight is 516 g/mol. The molecule has 0 fully saturated rings. The van der Waals surface area contributed by atoms with E-state index in [0.717, 1.165) is 6.26 Å². The van der Waals surface area contributed by atoms with Gasteiger partial charge in [-0.05, 0) is 53.4 Å². The smallest absolute Gasteiger partial charge is 0.355 e. The van der Waals surface area contributed by atoms with Gasteiger partial charge in [-0.3, -0.25) is 14.2 Å². The molecule has 4 rings (SSSR count). The summed E-state index contributed by atoms with van der Waals surface area (Å²) in [7, 11) is -2.17. The topological polar surface area (TPSA) is 99.5 Å². The molecule has 4 aromatic rings. The maximum atomic E-state index is 13.5. The number of hydrogen-bond donors (Lipinski definition) is 0. The number of hydrogen-bond acceptors (Lipinski definition) is 7. The lowest BCUT2D eigenvalue weighted by atomic mass is 10.0. The van der Waals surface area contributed by atoms with Crippen LogP contribution in [0.25, 0.3) is 21.2 Å². The van der Waals surface area contributed by atoms with Crippen LogP contribution in [0.2, 0.25) is 5.02 Å². The maximum Gasteiger partial charge on any atom is 0.355 e. The van der Waals surface area contributed by atoms with Gasteiger partial charge >= 0.3 is 5.97 Å². The van der Waals surface area contributed by atoms with Crippen LogP contribution in [0.4, 0.5) is 0 Å². The van der Waals surface area contributed by atoms with Crippen LogP contribution in [0.3, 0.4) is 0 Å². The lowest BCUT2D eigenvalue weighted by molar-refractivity contribution is 0.0588. The molecule has 0 atom stereocenters. The zero-order valence-electron chi connectivity index (χ0n) is 18.1. The van der Waals surface area contributed by atoms with Crippen molar-refractivity contribution >= 4 is 55.8 Å². The van der Waals surface area contributed by atoms with E-state index in [9.17, 15) is 22.8 Å². The average Bonchev–Trinajstić information content (AvgIpc) is 3.28. The molecule has 0 spiro atoms. The summed E-state index contributed by atoms with van der Waals surface area (Å²) in [4.78, 5) is 39.0. The van der Waals surface area contributed by atoms with Crippen LogP contribution >= 0.6 is 22.9 Å². The molecule has 2 aromatic carbocycles. The molecule has 0 saturated carbocycles. The quantitative estimate of drug-likeness (QED) is 0.278. The van der Waals surface area contributed by atoms with E-state index in [1.165, 1.54) is 35.1 Å². The van der Waals surface area contributed by atoms with E-state index in [2.05, 4.69) is 0 Å². The van der Waals surface area contributed by atoms with Crippen LogP contribution in [0, 0.1) is 0 Å². The molecule has 0 radical (unpaired) electrons. The van der Waals surface area contributed by atoms with E-state index in [4.69, 9.17) is 16.3 Å². The molecule has 0 amide bonds. The number of nitrogens with zero attached hydrogens (tertiary/aromatic N) is 1. The highest BCUT2D eigenvalue weighted by Crippen LogP contribution is 2.36. The predicted molar refractivity (Wildman–Crippen MR) is 132 cm³/mol. The predicted octanol–water partition coefficient (Wildman–Crippen LogP) is 4.43. The van der Waals surface area contributed by atoms with Crippen molar-refractivity contribution < 1.29 is 22.7 Å². The summed E-state index contributed by atoms with van der Waals surface area (Å²) in [5, 5.41) is 1.17. The van der Waals surface area contributed by atoms with Gasteiger partial charge in [0.25, 0.3) is 5.56 Å². The molecule has 0 aliphatic heterocycles. The number of halogens is 1. The second-order valence-corrected chi connectivity index (χ2v) is 11.1. The Morgan fingerprint density at radius 1 is 1.09 bits per heavy atom. The van der Waals surface area contributed by atoms with Crippen molar-refractivity contribution in [3.05, 3.63) is 86.1 Å². The molecule has 174 valence electrons. The molecular weight excluding hydrogens is 498 g/mol. The van der Waals surface area contributed by atoms with Crippen molar-refractivity contribution in [2.24, 2.45) is 0 Å². The Kier molecular flexibility index (Phi) is 6.44. The van der Waals surface area contributed by atoms with Crippen molar-refractivity contribution in [2.45, 2.75) is 11.4 Å². The molecular formula is C24H18ClNO6S2. The van der Waals surface area contributed by atoms with Gasteiger partial charge in [0.15, 0.2) is 16.1 Å². The Bertz CT molecular complexity index is 1600. The minimum absolute atomic E-state index is 0.00811.